The topological polar surface area (TPSA) is 32.7 Å². The standard InChI is InChI=1S/C29H47NO2/c1-20(12-15-30-16-18-32-19-17-30)22-7-8-23-21-6-9-25-27(2,3)26(31)11-14-29(25,5)24(21)10-13-28(22,23)4/h8,20,22,25-26,31H,6-7,9-19H2,1-5H3/t20-,22-,25+,26+,28-,29-/m1/s1. The predicted molar refractivity (Wildman–Crippen MR) is 131 cm³/mol. The molecule has 0 radical (unpaired) electrons. The van der Waals surface area contributed by atoms with Crippen LogP contribution < -0.4 is 0 Å². The van der Waals surface area contributed by atoms with E-state index in [9.17, 15) is 5.11 Å². The maximum atomic E-state index is 10.8. The molecule has 1 aliphatic heterocycles. The summed E-state index contributed by atoms with van der Waals surface area (Å²) in [5, 5.41) is 10.8. The highest BCUT2D eigenvalue weighted by Gasteiger charge is 2.57. The molecule has 1 saturated heterocycles. The van der Waals surface area contributed by atoms with Crippen LogP contribution in [-0.4, -0.2) is 49.0 Å². The van der Waals surface area contributed by atoms with E-state index in [-0.39, 0.29) is 11.5 Å². The fourth-order valence-electron chi connectivity index (χ4n) is 8.99. The Labute approximate surface area is 196 Å². The summed E-state index contributed by atoms with van der Waals surface area (Å²) >= 11 is 0. The summed E-state index contributed by atoms with van der Waals surface area (Å²) in [5.41, 5.74) is 5.99. The second-order valence-corrected chi connectivity index (χ2v) is 12.9. The maximum absolute atomic E-state index is 10.8. The van der Waals surface area contributed by atoms with Gasteiger partial charge in [-0.2, -0.15) is 0 Å². The summed E-state index contributed by atoms with van der Waals surface area (Å²) in [4.78, 5) is 2.61. The van der Waals surface area contributed by atoms with Gasteiger partial charge in [-0.3, -0.25) is 4.90 Å². The third-order valence-corrected chi connectivity index (χ3v) is 11.1. The van der Waals surface area contributed by atoms with Gasteiger partial charge in [-0.1, -0.05) is 46.3 Å². The van der Waals surface area contributed by atoms with E-state index in [1.807, 2.05) is 0 Å². The summed E-state index contributed by atoms with van der Waals surface area (Å²) in [6.07, 6.45) is 12.4. The zero-order valence-corrected chi connectivity index (χ0v) is 21.4. The highest BCUT2D eigenvalue weighted by Crippen LogP contribution is 2.66. The number of aliphatic hydroxyl groups is 1. The van der Waals surface area contributed by atoms with Crippen LogP contribution in [0, 0.1) is 34.0 Å². The van der Waals surface area contributed by atoms with Crippen LogP contribution in [0.1, 0.15) is 86.0 Å². The van der Waals surface area contributed by atoms with Crippen molar-refractivity contribution < 1.29 is 9.84 Å². The van der Waals surface area contributed by atoms with E-state index in [1.165, 1.54) is 51.5 Å². The Bertz CT molecular complexity index is 791. The van der Waals surface area contributed by atoms with Crippen LogP contribution in [0.4, 0.5) is 0 Å². The first kappa shape index (κ1) is 23.1. The number of aliphatic hydroxyl groups excluding tert-OH is 1. The molecule has 1 heterocycles. The predicted octanol–water partition coefficient (Wildman–Crippen LogP) is 5.99. The first-order valence-electron chi connectivity index (χ1n) is 13.6. The number of morpholine rings is 1. The van der Waals surface area contributed by atoms with E-state index in [0.717, 1.165) is 44.6 Å². The fraction of sp³-hybridized carbons (Fsp3) is 0.862. The van der Waals surface area contributed by atoms with Crippen molar-refractivity contribution in [2.24, 2.45) is 34.0 Å². The molecule has 0 aromatic carbocycles. The fourth-order valence-corrected chi connectivity index (χ4v) is 8.99. The molecule has 32 heavy (non-hydrogen) atoms. The third-order valence-electron chi connectivity index (χ3n) is 11.1. The quantitative estimate of drug-likeness (QED) is 0.582. The number of ether oxygens (including phenoxy) is 1. The Morgan fingerprint density at radius 3 is 2.56 bits per heavy atom. The lowest BCUT2D eigenvalue weighted by Gasteiger charge is -2.59. The van der Waals surface area contributed by atoms with Gasteiger partial charge in [0.2, 0.25) is 0 Å². The van der Waals surface area contributed by atoms with Crippen LogP contribution in [0.5, 0.6) is 0 Å². The van der Waals surface area contributed by atoms with Crippen molar-refractivity contribution in [3.8, 4) is 0 Å². The van der Waals surface area contributed by atoms with Gasteiger partial charge in [0.1, 0.15) is 0 Å². The third kappa shape index (κ3) is 3.48. The first-order valence-corrected chi connectivity index (χ1v) is 13.6. The molecule has 1 saturated carbocycles. The van der Waals surface area contributed by atoms with Gasteiger partial charge < -0.3 is 9.84 Å². The number of fused-ring (bicyclic) bond motifs is 4. The van der Waals surface area contributed by atoms with Crippen LogP contribution in [0.25, 0.3) is 0 Å². The number of nitrogens with zero attached hydrogens (tertiary/aromatic N) is 1. The molecule has 0 aromatic rings. The van der Waals surface area contributed by atoms with Crippen LogP contribution in [0.3, 0.4) is 0 Å². The van der Waals surface area contributed by atoms with Crippen LogP contribution in [0.2, 0.25) is 0 Å². The van der Waals surface area contributed by atoms with Crippen LogP contribution in [0.15, 0.2) is 22.8 Å². The molecule has 0 amide bonds. The number of hydrogen-bond donors (Lipinski definition) is 1. The van der Waals surface area contributed by atoms with Crippen LogP contribution in [-0.2, 0) is 4.74 Å². The summed E-state index contributed by atoms with van der Waals surface area (Å²) < 4.78 is 5.54. The molecule has 0 aromatic heterocycles. The highest BCUT2D eigenvalue weighted by atomic mass is 16.5. The average molecular weight is 442 g/mol. The van der Waals surface area contributed by atoms with Crippen molar-refractivity contribution >= 4 is 0 Å². The molecule has 5 rings (SSSR count). The lowest BCUT2D eigenvalue weighted by Crippen LogP contribution is -2.53. The van der Waals surface area contributed by atoms with Gasteiger partial charge in [-0.15, -0.1) is 0 Å². The van der Waals surface area contributed by atoms with Gasteiger partial charge in [0.25, 0.3) is 0 Å². The van der Waals surface area contributed by atoms with Gasteiger partial charge in [-0.05, 0) is 103 Å². The second kappa shape index (κ2) is 8.24. The molecular formula is C29H47NO2. The maximum Gasteiger partial charge on any atom is 0.0594 e. The number of allylic oxidation sites excluding steroid dienone is 4. The van der Waals surface area contributed by atoms with Crippen molar-refractivity contribution in [2.45, 2.75) is 92.1 Å². The SMILES string of the molecule is C[C@H](CCN1CCOCC1)[C@H]1CC=C2C3=C(CC[C@@]21C)[C@@]1(C)CC[C@H](O)C(C)(C)[C@@H]1CC3. The molecule has 6 atom stereocenters. The minimum absolute atomic E-state index is 0.0346. The molecule has 0 unspecified atom stereocenters. The molecule has 3 heteroatoms. The first-order chi connectivity index (χ1) is 15.2. The molecule has 2 fully saturated rings. The Kier molecular flexibility index (Phi) is 5.95. The summed E-state index contributed by atoms with van der Waals surface area (Å²) in [6.45, 7) is 17.6. The van der Waals surface area contributed by atoms with Crippen molar-refractivity contribution in [3.63, 3.8) is 0 Å². The van der Waals surface area contributed by atoms with E-state index < -0.39 is 0 Å². The molecule has 0 spiro atoms. The summed E-state index contributed by atoms with van der Waals surface area (Å²) in [5.74, 6) is 2.18. The normalized spacial score (nSPS) is 42.7. The molecule has 1 N–H and O–H groups in total. The van der Waals surface area contributed by atoms with E-state index in [4.69, 9.17) is 4.74 Å². The van der Waals surface area contributed by atoms with Gasteiger partial charge in [0.05, 0.1) is 19.3 Å². The molecular weight excluding hydrogens is 394 g/mol. The van der Waals surface area contributed by atoms with Crippen molar-refractivity contribution in [1.82, 2.24) is 4.90 Å². The van der Waals surface area contributed by atoms with Gasteiger partial charge >= 0.3 is 0 Å². The van der Waals surface area contributed by atoms with Crippen LogP contribution >= 0.6 is 0 Å². The second-order valence-electron chi connectivity index (χ2n) is 12.9. The monoisotopic (exact) mass is 441 g/mol. The highest BCUT2D eigenvalue weighted by molar-refractivity contribution is 5.49. The summed E-state index contributed by atoms with van der Waals surface area (Å²) in [6, 6.07) is 0. The van der Waals surface area contributed by atoms with Crippen molar-refractivity contribution in [3.05, 3.63) is 22.8 Å². The minimum atomic E-state index is -0.140. The number of hydrogen-bond acceptors (Lipinski definition) is 3. The molecule has 0 bridgehead atoms. The largest absolute Gasteiger partial charge is 0.393 e. The lowest BCUT2D eigenvalue weighted by molar-refractivity contribution is -0.0905. The molecule has 4 aliphatic carbocycles. The Balaban J connectivity index is 1.35. The Hall–Kier alpha value is -0.640. The van der Waals surface area contributed by atoms with Crippen molar-refractivity contribution in [2.75, 3.05) is 32.8 Å². The number of rotatable bonds is 4. The average Bonchev–Trinajstić information content (AvgIpc) is 3.13. The van der Waals surface area contributed by atoms with Gasteiger partial charge in [0.15, 0.2) is 0 Å². The summed E-state index contributed by atoms with van der Waals surface area (Å²) in [7, 11) is 0. The van der Waals surface area contributed by atoms with Crippen molar-refractivity contribution in [1.29, 1.82) is 0 Å². The van der Waals surface area contributed by atoms with E-state index in [1.54, 1.807) is 16.7 Å². The molecule has 5 aliphatic rings. The van der Waals surface area contributed by atoms with Gasteiger partial charge in [0, 0.05) is 13.1 Å². The molecule has 180 valence electrons. The Morgan fingerprint density at radius 1 is 1.06 bits per heavy atom. The van der Waals surface area contributed by atoms with E-state index >= 15 is 0 Å². The van der Waals surface area contributed by atoms with E-state index in [2.05, 4.69) is 45.6 Å². The van der Waals surface area contributed by atoms with E-state index in [0.29, 0.717) is 16.7 Å². The Morgan fingerprint density at radius 2 is 1.81 bits per heavy atom. The zero-order chi connectivity index (χ0) is 22.7. The lowest BCUT2D eigenvalue weighted by atomic mass is 9.46. The minimum Gasteiger partial charge on any atom is -0.393 e. The van der Waals surface area contributed by atoms with Gasteiger partial charge in [-0.25, -0.2) is 0 Å². The smallest absolute Gasteiger partial charge is 0.0594 e. The zero-order valence-electron chi connectivity index (χ0n) is 21.4. The molecule has 3 nitrogen and oxygen atoms in total.